The number of H-pyrrole nitrogens is 1. The number of nitrogens with zero attached hydrogens (tertiary/aromatic N) is 4. The molecule has 2 aliphatic heterocycles. The van der Waals surface area contributed by atoms with Crippen molar-refractivity contribution in [3.8, 4) is 0 Å². The molecule has 2 unspecified atom stereocenters. The van der Waals surface area contributed by atoms with E-state index in [0.29, 0.717) is 12.5 Å². The first kappa shape index (κ1) is 18.0. The summed E-state index contributed by atoms with van der Waals surface area (Å²) >= 11 is 0. The first-order chi connectivity index (χ1) is 14.2. The lowest BCUT2D eigenvalue weighted by Gasteiger charge is -2.60. The minimum absolute atomic E-state index is 0.195. The predicted molar refractivity (Wildman–Crippen MR) is 111 cm³/mol. The van der Waals surface area contributed by atoms with Crippen LogP contribution in [-0.2, 0) is 11.3 Å². The van der Waals surface area contributed by atoms with Crippen LogP contribution in [-0.4, -0.2) is 51.1 Å². The highest BCUT2D eigenvalue weighted by atomic mass is 16.6. The lowest BCUT2D eigenvalue weighted by atomic mass is 9.70. The van der Waals surface area contributed by atoms with E-state index < -0.39 is 0 Å². The van der Waals surface area contributed by atoms with Crippen LogP contribution in [0.15, 0.2) is 48.9 Å². The zero-order chi connectivity index (χ0) is 19.8. The lowest BCUT2D eigenvalue weighted by molar-refractivity contribution is -0.0705. The van der Waals surface area contributed by atoms with Gasteiger partial charge in [-0.3, -0.25) is 0 Å². The number of hydrogen-bond donors (Lipinski definition) is 1. The van der Waals surface area contributed by atoms with Crippen molar-refractivity contribution >= 4 is 22.9 Å². The second-order valence-electron chi connectivity index (χ2n) is 8.12. The van der Waals surface area contributed by atoms with Crippen LogP contribution in [0.4, 0.5) is 10.6 Å². The van der Waals surface area contributed by atoms with E-state index in [1.54, 1.807) is 6.33 Å². The summed E-state index contributed by atoms with van der Waals surface area (Å²) in [4.78, 5) is 29.1. The Morgan fingerprint density at radius 2 is 2.14 bits per heavy atom. The number of likely N-dealkylation sites (tertiary alicyclic amines) is 1. The highest BCUT2D eigenvalue weighted by Gasteiger charge is 2.55. The fourth-order valence-corrected chi connectivity index (χ4v) is 4.81. The van der Waals surface area contributed by atoms with Crippen LogP contribution in [0.2, 0.25) is 0 Å². The normalized spacial score (nSPS) is 24.0. The third-order valence-corrected chi connectivity index (χ3v) is 6.47. The number of nitrogens with one attached hydrogen (secondary N) is 1. The van der Waals surface area contributed by atoms with Gasteiger partial charge in [-0.15, -0.1) is 0 Å². The van der Waals surface area contributed by atoms with Crippen LogP contribution >= 0.6 is 0 Å². The van der Waals surface area contributed by atoms with E-state index in [0.717, 1.165) is 54.9 Å². The van der Waals surface area contributed by atoms with Crippen LogP contribution in [0.3, 0.4) is 0 Å². The molecule has 4 heterocycles. The Hall–Kier alpha value is -3.09. The summed E-state index contributed by atoms with van der Waals surface area (Å²) in [6.45, 7) is 4.98. The van der Waals surface area contributed by atoms with E-state index in [2.05, 4.69) is 26.8 Å². The number of ether oxygens (including phenoxy) is 1. The van der Waals surface area contributed by atoms with Gasteiger partial charge in [0.25, 0.3) is 0 Å². The average Bonchev–Trinajstić information content (AvgIpc) is 3.25. The average molecular weight is 391 g/mol. The van der Waals surface area contributed by atoms with Gasteiger partial charge < -0.3 is 19.5 Å². The SMILES string of the molecule is CC1CN(C(=O)OCc2ccccc2)C12CCCN(c1ncnc3[nH]ccc13)C2. The molecule has 0 aliphatic carbocycles. The van der Waals surface area contributed by atoms with E-state index in [4.69, 9.17) is 4.74 Å². The van der Waals surface area contributed by atoms with Crippen molar-refractivity contribution in [2.75, 3.05) is 24.5 Å². The minimum Gasteiger partial charge on any atom is -0.445 e. The number of anilines is 1. The third-order valence-electron chi connectivity index (χ3n) is 6.47. The van der Waals surface area contributed by atoms with Gasteiger partial charge in [-0.05, 0) is 30.4 Å². The Morgan fingerprint density at radius 1 is 1.28 bits per heavy atom. The van der Waals surface area contributed by atoms with E-state index in [-0.39, 0.29) is 11.6 Å². The molecule has 0 bridgehead atoms. The van der Waals surface area contributed by atoms with Gasteiger partial charge in [0.15, 0.2) is 0 Å². The van der Waals surface area contributed by atoms with Crippen LogP contribution in [0.1, 0.15) is 25.3 Å². The number of aromatic amines is 1. The predicted octanol–water partition coefficient (Wildman–Crippen LogP) is 3.59. The Balaban J connectivity index is 1.34. The van der Waals surface area contributed by atoms with Gasteiger partial charge in [0.1, 0.15) is 24.4 Å². The quantitative estimate of drug-likeness (QED) is 0.739. The van der Waals surface area contributed by atoms with E-state index in [1.807, 2.05) is 47.5 Å². The largest absolute Gasteiger partial charge is 0.445 e. The Labute approximate surface area is 169 Å². The molecule has 1 aromatic carbocycles. The smallest absolute Gasteiger partial charge is 0.410 e. The Kier molecular flexibility index (Phi) is 4.38. The van der Waals surface area contributed by atoms with Crippen molar-refractivity contribution in [2.45, 2.75) is 31.9 Å². The Bertz CT molecular complexity index is 1020. The third kappa shape index (κ3) is 3.01. The summed E-state index contributed by atoms with van der Waals surface area (Å²) in [5.74, 6) is 1.37. The molecule has 2 aliphatic rings. The molecule has 1 amide bonds. The van der Waals surface area contributed by atoms with Gasteiger partial charge >= 0.3 is 6.09 Å². The fourth-order valence-electron chi connectivity index (χ4n) is 4.81. The van der Waals surface area contributed by atoms with Crippen LogP contribution in [0, 0.1) is 5.92 Å². The molecular formula is C22H25N5O2. The number of aromatic nitrogens is 3. The van der Waals surface area contributed by atoms with E-state index >= 15 is 0 Å². The molecule has 0 saturated carbocycles. The molecule has 2 saturated heterocycles. The summed E-state index contributed by atoms with van der Waals surface area (Å²) < 4.78 is 5.64. The van der Waals surface area contributed by atoms with E-state index in [9.17, 15) is 4.79 Å². The molecule has 0 radical (unpaired) electrons. The van der Waals surface area contributed by atoms with Crippen LogP contribution in [0.25, 0.3) is 11.0 Å². The number of hydrogen-bond acceptors (Lipinski definition) is 5. The van der Waals surface area contributed by atoms with Crippen LogP contribution in [0.5, 0.6) is 0 Å². The molecule has 2 fully saturated rings. The van der Waals surface area contributed by atoms with Gasteiger partial charge in [-0.1, -0.05) is 37.3 Å². The van der Waals surface area contributed by atoms with Crippen molar-refractivity contribution < 1.29 is 9.53 Å². The number of piperidine rings is 1. The first-order valence-corrected chi connectivity index (χ1v) is 10.2. The summed E-state index contributed by atoms with van der Waals surface area (Å²) in [5, 5.41) is 1.02. The summed E-state index contributed by atoms with van der Waals surface area (Å²) in [7, 11) is 0. The van der Waals surface area contributed by atoms with Gasteiger partial charge in [0.05, 0.1) is 10.9 Å². The summed E-state index contributed by atoms with van der Waals surface area (Å²) in [5.41, 5.74) is 1.65. The fraction of sp³-hybridized carbons (Fsp3) is 0.409. The summed E-state index contributed by atoms with van der Waals surface area (Å²) in [6, 6.07) is 11.8. The molecule has 1 spiro atoms. The molecule has 3 aromatic rings. The lowest BCUT2D eigenvalue weighted by Crippen LogP contribution is -2.73. The first-order valence-electron chi connectivity index (χ1n) is 10.2. The number of fused-ring (bicyclic) bond motifs is 1. The molecule has 1 N–H and O–H groups in total. The molecule has 2 atom stereocenters. The highest BCUT2D eigenvalue weighted by molar-refractivity contribution is 5.87. The molecule has 7 nitrogen and oxygen atoms in total. The maximum Gasteiger partial charge on any atom is 0.410 e. The standard InChI is InChI=1S/C22H25N5O2/c1-16-12-27(21(28)29-13-17-6-3-2-4-7-17)22(16)9-5-11-26(14-22)20-18-8-10-23-19(18)24-15-25-20/h2-4,6-8,10,15-16H,5,9,11-14H2,1H3,(H,23,24,25). The molecule has 5 rings (SSSR count). The number of carbonyl (C=O) groups is 1. The van der Waals surface area contributed by atoms with Gasteiger partial charge in [0, 0.05) is 25.8 Å². The number of benzene rings is 1. The van der Waals surface area contributed by atoms with Crippen molar-refractivity contribution in [3.05, 3.63) is 54.5 Å². The molecular weight excluding hydrogens is 366 g/mol. The van der Waals surface area contributed by atoms with Crippen molar-refractivity contribution in [3.63, 3.8) is 0 Å². The molecule has 150 valence electrons. The highest BCUT2D eigenvalue weighted by Crippen LogP contribution is 2.44. The van der Waals surface area contributed by atoms with E-state index in [1.165, 1.54) is 0 Å². The topological polar surface area (TPSA) is 74.3 Å². The second kappa shape index (κ2) is 7.06. The van der Waals surface area contributed by atoms with Gasteiger partial charge in [0.2, 0.25) is 0 Å². The minimum atomic E-state index is -0.219. The number of amides is 1. The zero-order valence-corrected chi connectivity index (χ0v) is 16.5. The van der Waals surface area contributed by atoms with Gasteiger partial charge in [-0.25, -0.2) is 14.8 Å². The maximum atomic E-state index is 12.9. The maximum absolute atomic E-state index is 12.9. The summed E-state index contributed by atoms with van der Waals surface area (Å²) in [6.07, 6.45) is 5.28. The van der Waals surface area contributed by atoms with Gasteiger partial charge in [-0.2, -0.15) is 0 Å². The molecule has 2 aromatic heterocycles. The Morgan fingerprint density at radius 3 is 2.97 bits per heavy atom. The van der Waals surface area contributed by atoms with Crippen LogP contribution < -0.4 is 4.90 Å². The van der Waals surface area contributed by atoms with Crippen molar-refractivity contribution in [2.24, 2.45) is 5.92 Å². The number of rotatable bonds is 3. The monoisotopic (exact) mass is 391 g/mol. The van der Waals surface area contributed by atoms with Crippen molar-refractivity contribution in [1.29, 1.82) is 0 Å². The zero-order valence-electron chi connectivity index (χ0n) is 16.5. The number of carbonyl (C=O) groups excluding carboxylic acids is 1. The molecule has 29 heavy (non-hydrogen) atoms. The second-order valence-corrected chi connectivity index (χ2v) is 8.12. The molecule has 7 heteroatoms. The van der Waals surface area contributed by atoms with Crippen molar-refractivity contribution in [1.82, 2.24) is 19.9 Å².